The second-order valence-corrected chi connectivity index (χ2v) is 9.86. The average molecular weight is 591 g/mol. The number of carbonyl (C=O) groups is 1. The van der Waals surface area contributed by atoms with Gasteiger partial charge in [0.15, 0.2) is 23.5 Å². The van der Waals surface area contributed by atoms with Crippen molar-refractivity contribution in [2.75, 3.05) is 47.6 Å². The van der Waals surface area contributed by atoms with E-state index in [1.807, 2.05) is 18.2 Å². The lowest BCUT2D eigenvalue weighted by atomic mass is 10.1. The van der Waals surface area contributed by atoms with Crippen LogP contribution in [0.2, 0.25) is 0 Å². The molecule has 0 atom stereocenters. The molecule has 0 unspecified atom stereocenters. The Bertz CT molecular complexity index is 1580. The van der Waals surface area contributed by atoms with E-state index in [1.165, 1.54) is 26.4 Å². The zero-order chi connectivity index (χ0) is 30.8. The third-order valence-electron chi connectivity index (χ3n) is 7.10. The van der Waals surface area contributed by atoms with Crippen LogP contribution < -0.4 is 29.7 Å². The number of carbonyl (C=O) groups excluding carboxylic acids is 1. The molecule has 0 saturated carbocycles. The predicted octanol–water partition coefficient (Wildman–Crippen LogP) is 4.99. The Labute approximate surface area is 250 Å². The van der Waals surface area contributed by atoms with E-state index < -0.39 is 5.43 Å². The number of aromatic hydroxyl groups is 1. The van der Waals surface area contributed by atoms with Gasteiger partial charge in [-0.3, -0.25) is 14.5 Å². The Balaban J connectivity index is 1.25. The summed E-state index contributed by atoms with van der Waals surface area (Å²) in [6.45, 7) is 5.27. The van der Waals surface area contributed by atoms with Crippen LogP contribution in [-0.4, -0.2) is 63.5 Å². The number of phenols is 1. The van der Waals surface area contributed by atoms with Gasteiger partial charge in [-0.05, 0) is 56.3 Å². The molecule has 0 aliphatic rings. The minimum absolute atomic E-state index is 0.00269. The summed E-state index contributed by atoms with van der Waals surface area (Å²) in [5, 5.41) is 13.4. The molecule has 3 aromatic carbocycles. The van der Waals surface area contributed by atoms with Gasteiger partial charge in [0.1, 0.15) is 28.2 Å². The first kappa shape index (κ1) is 31.2. The molecular formula is C33H38N2O8. The van der Waals surface area contributed by atoms with Crippen LogP contribution in [0.25, 0.3) is 22.3 Å². The van der Waals surface area contributed by atoms with Gasteiger partial charge in [-0.25, -0.2) is 0 Å². The highest BCUT2D eigenvalue weighted by atomic mass is 16.5. The van der Waals surface area contributed by atoms with Gasteiger partial charge in [0, 0.05) is 36.3 Å². The molecule has 43 heavy (non-hydrogen) atoms. The predicted molar refractivity (Wildman–Crippen MR) is 164 cm³/mol. The standard InChI is InChI=1S/C33H38N2O8/c1-5-35(20-23-10-6-7-11-26(23)39-2)17-9-8-16-34-30(37)21-42-24-14-12-22(13-15-24)27-18-25(36)31-28(43-27)19-29(40-3)33(41-4)32(31)38/h6-7,10-15,18-19,38H,5,8-9,16-17,20-21H2,1-4H3,(H,34,37). The number of benzene rings is 3. The van der Waals surface area contributed by atoms with Gasteiger partial charge in [0.25, 0.3) is 5.91 Å². The zero-order valence-corrected chi connectivity index (χ0v) is 25.0. The van der Waals surface area contributed by atoms with Crippen molar-refractivity contribution in [2.45, 2.75) is 26.3 Å². The topological polar surface area (TPSA) is 120 Å². The number of para-hydroxylation sites is 1. The van der Waals surface area contributed by atoms with Crippen molar-refractivity contribution in [3.63, 3.8) is 0 Å². The van der Waals surface area contributed by atoms with Crippen LogP contribution in [0.3, 0.4) is 0 Å². The summed E-state index contributed by atoms with van der Waals surface area (Å²) in [5.41, 5.74) is 1.52. The van der Waals surface area contributed by atoms with Crippen LogP contribution in [0, 0.1) is 0 Å². The molecular weight excluding hydrogens is 552 g/mol. The van der Waals surface area contributed by atoms with E-state index in [4.69, 9.17) is 23.4 Å². The highest BCUT2D eigenvalue weighted by Crippen LogP contribution is 2.42. The van der Waals surface area contributed by atoms with Crippen molar-refractivity contribution in [1.82, 2.24) is 10.2 Å². The van der Waals surface area contributed by atoms with Gasteiger partial charge in [-0.2, -0.15) is 0 Å². The second-order valence-electron chi connectivity index (χ2n) is 9.86. The van der Waals surface area contributed by atoms with Crippen molar-refractivity contribution in [3.05, 3.63) is 76.5 Å². The Morgan fingerprint density at radius 2 is 1.70 bits per heavy atom. The van der Waals surface area contributed by atoms with Crippen LogP contribution >= 0.6 is 0 Å². The average Bonchev–Trinajstić information content (AvgIpc) is 3.02. The van der Waals surface area contributed by atoms with Crippen molar-refractivity contribution in [2.24, 2.45) is 0 Å². The molecule has 0 aliphatic heterocycles. The Hall–Kier alpha value is -4.70. The summed E-state index contributed by atoms with van der Waals surface area (Å²) in [7, 11) is 4.49. The van der Waals surface area contributed by atoms with Crippen molar-refractivity contribution in [1.29, 1.82) is 0 Å². The quantitative estimate of drug-likeness (QED) is 0.185. The number of hydrogen-bond acceptors (Lipinski definition) is 9. The van der Waals surface area contributed by atoms with Crippen LogP contribution in [-0.2, 0) is 11.3 Å². The summed E-state index contributed by atoms with van der Waals surface area (Å²) >= 11 is 0. The molecule has 228 valence electrons. The largest absolute Gasteiger partial charge is 0.504 e. The van der Waals surface area contributed by atoms with E-state index in [0.717, 1.165) is 43.8 Å². The van der Waals surface area contributed by atoms with Gasteiger partial charge in [-0.1, -0.05) is 25.1 Å². The summed E-state index contributed by atoms with van der Waals surface area (Å²) < 4.78 is 27.4. The monoisotopic (exact) mass is 590 g/mol. The van der Waals surface area contributed by atoms with E-state index in [9.17, 15) is 14.7 Å². The summed E-state index contributed by atoms with van der Waals surface area (Å²) in [6, 6.07) is 17.7. The minimum atomic E-state index is -0.425. The maximum absolute atomic E-state index is 12.8. The van der Waals surface area contributed by atoms with Crippen LogP contribution in [0.5, 0.6) is 28.7 Å². The Morgan fingerprint density at radius 3 is 2.40 bits per heavy atom. The Kier molecular flexibility index (Phi) is 10.9. The Morgan fingerprint density at radius 1 is 0.953 bits per heavy atom. The SMILES string of the molecule is CCN(CCCCNC(=O)COc1ccc(-c2cc(=O)c3c(O)c(OC)c(OC)cc3o2)cc1)Cc1ccccc1OC. The zero-order valence-electron chi connectivity index (χ0n) is 25.0. The molecule has 0 fully saturated rings. The van der Waals surface area contributed by atoms with Crippen molar-refractivity contribution in [3.8, 4) is 40.1 Å². The van der Waals surface area contributed by atoms with E-state index in [2.05, 4.69) is 23.2 Å². The second kappa shape index (κ2) is 15.0. The fourth-order valence-electron chi connectivity index (χ4n) is 4.78. The number of amides is 1. The van der Waals surface area contributed by atoms with Crippen LogP contribution in [0.1, 0.15) is 25.3 Å². The van der Waals surface area contributed by atoms with Gasteiger partial charge in [0.2, 0.25) is 5.75 Å². The van der Waals surface area contributed by atoms with Gasteiger partial charge in [-0.15, -0.1) is 0 Å². The van der Waals surface area contributed by atoms with Gasteiger partial charge >= 0.3 is 0 Å². The maximum Gasteiger partial charge on any atom is 0.257 e. The highest BCUT2D eigenvalue weighted by Gasteiger charge is 2.19. The smallest absolute Gasteiger partial charge is 0.257 e. The molecule has 2 N–H and O–H groups in total. The number of rotatable bonds is 15. The molecule has 0 saturated heterocycles. The van der Waals surface area contributed by atoms with E-state index in [0.29, 0.717) is 23.6 Å². The first-order chi connectivity index (χ1) is 20.9. The molecule has 1 amide bonds. The van der Waals surface area contributed by atoms with E-state index in [1.54, 1.807) is 31.4 Å². The fraction of sp³-hybridized carbons (Fsp3) is 0.333. The number of nitrogens with zero attached hydrogens (tertiary/aromatic N) is 1. The fourth-order valence-corrected chi connectivity index (χ4v) is 4.78. The summed E-state index contributed by atoms with van der Waals surface area (Å²) in [6.07, 6.45) is 1.81. The molecule has 0 bridgehead atoms. The number of phenolic OH excluding ortho intramolecular Hbond substituents is 1. The number of hydrogen-bond donors (Lipinski definition) is 2. The number of nitrogens with one attached hydrogen (secondary N) is 1. The normalized spacial score (nSPS) is 11.0. The highest BCUT2D eigenvalue weighted by molar-refractivity contribution is 5.89. The first-order valence-electron chi connectivity index (χ1n) is 14.1. The molecule has 4 rings (SSSR count). The molecule has 0 radical (unpaired) electrons. The molecule has 4 aromatic rings. The lowest BCUT2D eigenvalue weighted by Gasteiger charge is -2.21. The number of unbranched alkanes of at least 4 members (excludes halogenated alkanes) is 1. The summed E-state index contributed by atoms with van der Waals surface area (Å²) in [5.74, 6) is 1.46. The van der Waals surface area contributed by atoms with Crippen LogP contribution in [0.4, 0.5) is 0 Å². The molecule has 1 aromatic heterocycles. The number of methoxy groups -OCH3 is 3. The first-order valence-corrected chi connectivity index (χ1v) is 14.1. The third-order valence-corrected chi connectivity index (χ3v) is 7.10. The van der Waals surface area contributed by atoms with Crippen molar-refractivity contribution < 1.29 is 33.3 Å². The van der Waals surface area contributed by atoms with E-state index >= 15 is 0 Å². The molecule has 1 heterocycles. The van der Waals surface area contributed by atoms with Gasteiger partial charge in [0.05, 0.1) is 21.3 Å². The molecule has 0 spiro atoms. The van der Waals surface area contributed by atoms with Crippen LogP contribution in [0.15, 0.2) is 69.9 Å². The lowest BCUT2D eigenvalue weighted by molar-refractivity contribution is -0.123. The van der Waals surface area contributed by atoms with E-state index in [-0.39, 0.29) is 40.7 Å². The van der Waals surface area contributed by atoms with Gasteiger partial charge < -0.3 is 33.8 Å². The number of ether oxygens (including phenoxy) is 4. The molecule has 10 heteroatoms. The number of fused-ring (bicyclic) bond motifs is 1. The minimum Gasteiger partial charge on any atom is -0.504 e. The lowest BCUT2D eigenvalue weighted by Crippen LogP contribution is -2.30. The maximum atomic E-state index is 12.8. The molecule has 0 aliphatic carbocycles. The molecule has 10 nitrogen and oxygen atoms in total. The summed E-state index contributed by atoms with van der Waals surface area (Å²) in [4.78, 5) is 27.4. The third kappa shape index (κ3) is 7.78. The van der Waals surface area contributed by atoms with Crippen molar-refractivity contribution >= 4 is 16.9 Å².